The molecule has 0 unspecified atom stereocenters. The Kier molecular flexibility index (Phi) is 2.83. The Morgan fingerprint density at radius 3 is 2.65 bits per heavy atom. The van der Waals surface area contributed by atoms with Gasteiger partial charge >= 0.3 is 5.97 Å². The maximum atomic E-state index is 11.0. The molecule has 100 valence electrons. The molecule has 0 saturated carbocycles. The summed E-state index contributed by atoms with van der Waals surface area (Å²) in [4.78, 5) is 15.1. The molecule has 0 aliphatic carbocycles. The number of carbonyl (C=O) groups is 1. The zero-order valence-corrected chi connectivity index (χ0v) is 10.6. The Morgan fingerprint density at radius 2 is 2.00 bits per heavy atom. The summed E-state index contributed by atoms with van der Waals surface area (Å²) in [6, 6.07) is 10.7. The van der Waals surface area contributed by atoms with Crippen molar-refractivity contribution < 1.29 is 14.6 Å². The van der Waals surface area contributed by atoms with Crippen molar-refractivity contribution >= 4 is 11.6 Å². The Hall–Kier alpha value is -2.89. The number of ether oxygens (including phenoxy) is 1. The van der Waals surface area contributed by atoms with Gasteiger partial charge in [-0.2, -0.15) is 5.10 Å². The van der Waals surface area contributed by atoms with Crippen molar-refractivity contribution in [2.45, 2.75) is 0 Å². The third-order valence-corrected chi connectivity index (χ3v) is 2.96. The highest BCUT2D eigenvalue weighted by atomic mass is 16.5. The van der Waals surface area contributed by atoms with Crippen LogP contribution in [0.2, 0.25) is 0 Å². The molecule has 0 atom stereocenters. The van der Waals surface area contributed by atoms with E-state index in [-0.39, 0.29) is 5.69 Å². The average molecular weight is 269 g/mol. The second-order valence-corrected chi connectivity index (χ2v) is 4.16. The molecule has 6 nitrogen and oxygen atoms in total. The molecule has 3 rings (SSSR count). The Balaban J connectivity index is 2.16. The SMILES string of the molecule is COc1ccc(-c2ccnc3cc(C(=O)O)nn23)cc1. The topological polar surface area (TPSA) is 76.7 Å². The highest BCUT2D eigenvalue weighted by Crippen LogP contribution is 2.22. The van der Waals surface area contributed by atoms with Crippen LogP contribution in [0.1, 0.15) is 10.5 Å². The molecule has 2 heterocycles. The standard InChI is InChI=1S/C14H11N3O3/c1-20-10-4-2-9(3-5-10)12-6-7-15-13-8-11(14(18)19)16-17(12)13/h2-8H,1H3,(H,18,19). The molecular weight excluding hydrogens is 258 g/mol. The van der Waals surface area contributed by atoms with Crippen molar-refractivity contribution in [2.24, 2.45) is 0 Å². The average Bonchev–Trinajstić information content (AvgIpc) is 2.91. The zero-order valence-electron chi connectivity index (χ0n) is 10.6. The quantitative estimate of drug-likeness (QED) is 0.788. The second kappa shape index (κ2) is 4.65. The van der Waals surface area contributed by atoms with Gasteiger partial charge in [-0.1, -0.05) is 0 Å². The van der Waals surface area contributed by atoms with Crippen LogP contribution in [0.25, 0.3) is 16.9 Å². The predicted molar refractivity (Wildman–Crippen MR) is 71.9 cm³/mol. The van der Waals surface area contributed by atoms with Crippen LogP contribution < -0.4 is 4.74 Å². The fraction of sp³-hybridized carbons (Fsp3) is 0.0714. The monoisotopic (exact) mass is 269 g/mol. The van der Waals surface area contributed by atoms with Crippen LogP contribution in [-0.2, 0) is 0 Å². The van der Waals surface area contributed by atoms with Gasteiger partial charge in [0.2, 0.25) is 0 Å². The highest BCUT2D eigenvalue weighted by Gasteiger charge is 2.12. The van der Waals surface area contributed by atoms with Crippen LogP contribution >= 0.6 is 0 Å². The van der Waals surface area contributed by atoms with E-state index in [2.05, 4.69) is 10.1 Å². The van der Waals surface area contributed by atoms with Gasteiger partial charge in [-0.25, -0.2) is 14.3 Å². The molecule has 0 bridgehead atoms. The molecule has 3 aromatic rings. The molecule has 0 fully saturated rings. The normalized spacial score (nSPS) is 10.7. The highest BCUT2D eigenvalue weighted by molar-refractivity contribution is 5.86. The summed E-state index contributed by atoms with van der Waals surface area (Å²) in [5, 5.41) is 13.1. The molecule has 0 spiro atoms. The van der Waals surface area contributed by atoms with E-state index in [4.69, 9.17) is 9.84 Å². The van der Waals surface area contributed by atoms with Gasteiger partial charge in [-0.3, -0.25) is 0 Å². The maximum absolute atomic E-state index is 11.0. The van der Waals surface area contributed by atoms with E-state index in [1.807, 2.05) is 24.3 Å². The van der Waals surface area contributed by atoms with Gasteiger partial charge in [0.15, 0.2) is 11.3 Å². The van der Waals surface area contributed by atoms with Crippen molar-refractivity contribution in [1.29, 1.82) is 0 Å². The first-order valence-corrected chi connectivity index (χ1v) is 5.91. The van der Waals surface area contributed by atoms with Crippen LogP contribution in [0, 0.1) is 0 Å². The lowest BCUT2D eigenvalue weighted by Crippen LogP contribution is -1.99. The van der Waals surface area contributed by atoms with E-state index in [0.29, 0.717) is 5.65 Å². The third kappa shape index (κ3) is 1.97. The molecule has 0 radical (unpaired) electrons. The Bertz CT molecular complexity index is 778. The molecule has 20 heavy (non-hydrogen) atoms. The smallest absolute Gasteiger partial charge is 0.356 e. The van der Waals surface area contributed by atoms with Crippen molar-refractivity contribution in [3.8, 4) is 17.0 Å². The summed E-state index contributed by atoms with van der Waals surface area (Å²) in [7, 11) is 1.60. The summed E-state index contributed by atoms with van der Waals surface area (Å²) in [6.45, 7) is 0. The summed E-state index contributed by atoms with van der Waals surface area (Å²) < 4.78 is 6.63. The number of nitrogens with zero attached hydrogens (tertiary/aromatic N) is 3. The van der Waals surface area contributed by atoms with E-state index in [1.54, 1.807) is 19.4 Å². The Morgan fingerprint density at radius 1 is 1.25 bits per heavy atom. The number of aromatic carboxylic acids is 1. The van der Waals surface area contributed by atoms with Gasteiger partial charge in [-0.15, -0.1) is 0 Å². The fourth-order valence-corrected chi connectivity index (χ4v) is 1.98. The van der Waals surface area contributed by atoms with Gasteiger partial charge < -0.3 is 9.84 Å². The largest absolute Gasteiger partial charge is 0.497 e. The van der Waals surface area contributed by atoms with Crippen LogP contribution in [0.4, 0.5) is 0 Å². The number of benzene rings is 1. The first-order chi connectivity index (χ1) is 9.69. The third-order valence-electron chi connectivity index (χ3n) is 2.96. The summed E-state index contributed by atoms with van der Waals surface area (Å²) >= 11 is 0. The van der Waals surface area contributed by atoms with E-state index >= 15 is 0 Å². The van der Waals surface area contributed by atoms with Crippen molar-refractivity contribution in [3.05, 3.63) is 48.3 Å². The molecule has 0 aliphatic rings. The lowest BCUT2D eigenvalue weighted by atomic mass is 10.1. The predicted octanol–water partition coefficient (Wildman–Crippen LogP) is 2.10. The van der Waals surface area contributed by atoms with Crippen LogP contribution in [-0.4, -0.2) is 32.8 Å². The van der Waals surface area contributed by atoms with Gasteiger partial charge in [0, 0.05) is 17.8 Å². The molecule has 2 aromatic heterocycles. The number of fused-ring (bicyclic) bond motifs is 1. The summed E-state index contributed by atoms with van der Waals surface area (Å²) in [5.41, 5.74) is 2.14. The molecule has 0 aliphatic heterocycles. The van der Waals surface area contributed by atoms with E-state index in [0.717, 1.165) is 17.0 Å². The molecule has 1 N–H and O–H groups in total. The molecule has 0 amide bonds. The van der Waals surface area contributed by atoms with Gasteiger partial charge in [-0.05, 0) is 30.3 Å². The fourth-order valence-electron chi connectivity index (χ4n) is 1.98. The van der Waals surface area contributed by atoms with E-state index < -0.39 is 5.97 Å². The van der Waals surface area contributed by atoms with Gasteiger partial charge in [0.25, 0.3) is 0 Å². The minimum absolute atomic E-state index is 0.0292. The molecule has 0 saturated heterocycles. The summed E-state index contributed by atoms with van der Waals surface area (Å²) in [6.07, 6.45) is 1.63. The number of carboxylic acid groups (broad SMARTS) is 1. The van der Waals surface area contributed by atoms with Crippen LogP contribution in [0.5, 0.6) is 5.75 Å². The minimum Gasteiger partial charge on any atom is -0.497 e. The maximum Gasteiger partial charge on any atom is 0.356 e. The lowest BCUT2D eigenvalue weighted by molar-refractivity contribution is 0.0690. The lowest BCUT2D eigenvalue weighted by Gasteiger charge is -2.05. The van der Waals surface area contributed by atoms with Gasteiger partial charge in [0.1, 0.15) is 5.75 Å². The first kappa shape index (κ1) is 12.2. The number of rotatable bonds is 3. The first-order valence-electron chi connectivity index (χ1n) is 5.91. The number of aromatic nitrogens is 3. The van der Waals surface area contributed by atoms with Crippen LogP contribution in [0.3, 0.4) is 0 Å². The molecular formula is C14H11N3O3. The number of methoxy groups -OCH3 is 1. The number of hydrogen-bond acceptors (Lipinski definition) is 4. The zero-order chi connectivity index (χ0) is 14.1. The second-order valence-electron chi connectivity index (χ2n) is 4.16. The van der Waals surface area contributed by atoms with E-state index in [9.17, 15) is 4.79 Å². The minimum atomic E-state index is -1.07. The Labute approximate surface area is 114 Å². The van der Waals surface area contributed by atoms with Crippen LogP contribution in [0.15, 0.2) is 42.6 Å². The molecule has 1 aromatic carbocycles. The number of hydrogen-bond donors (Lipinski definition) is 1. The summed E-state index contributed by atoms with van der Waals surface area (Å²) in [5.74, 6) is -0.318. The molecule has 6 heteroatoms. The van der Waals surface area contributed by atoms with Crippen molar-refractivity contribution in [3.63, 3.8) is 0 Å². The van der Waals surface area contributed by atoms with Crippen molar-refractivity contribution in [1.82, 2.24) is 14.6 Å². The van der Waals surface area contributed by atoms with Gasteiger partial charge in [0.05, 0.1) is 12.8 Å². The van der Waals surface area contributed by atoms with E-state index in [1.165, 1.54) is 10.6 Å². The number of carboxylic acids is 1. The van der Waals surface area contributed by atoms with Crippen molar-refractivity contribution in [2.75, 3.05) is 7.11 Å².